The van der Waals surface area contributed by atoms with Gasteiger partial charge in [-0.05, 0) is 18.2 Å². The molecule has 0 aliphatic rings. The van der Waals surface area contributed by atoms with Gasteiger partial charge in [-0.15, -0.1) is 4.98 Å². The lowest BCUT2D eigenvalue weighted by Crippen LogP contribution is -2.11. The zero-order chi connectivity index (χ0) is 12.1. The fourth-order valence-electron chi connectivity index (χ4n) is 1.38. The van der Waals surface area contributed by atoms with E-state index in [4.69, 9.17) is 0 Å². The molecule has 0 saturated carbocycles. The average Bonchev–Trinajstić information content (AvgIpc) is 2.42. The monoisotopic (exact) mass is 227 g/mol. The van der Waals surface area contributed by atoms with Gasteiger partial charge in [-0.1, -0.05) is 29.2 Å². The number of amidine groups is 1. The molecule has 0 saturated heterocycles. The molecule has 84 valence electrons. The molecule has 0 amide bonds. The standard InChI is InChI=1S/C12H9N3O2/c16-14-12(10-6-2-1-3-7-10)15(17)11-8-4-5-9-13-11/h1-9H/b15-12+. The number of pyridine rings is 1. The lowest BCUT2D eigenvalue weighted by molar-refractivity contribution is -0.366. The molecule has 0 fully saturated rings. The minimum absolute atomic E-state index is 0.131. The van der Waals surface area contributed by atoms with Gasteiger partial charge < -0.3 is 5.21 Å². The molecule has 5 nitrogen and oxygen atoms in total. The van der Waals surface area contributed by atoms with Crippen molar-refractivity contribution in [1.82, 2.24) is 4.98 Å². The highest BCUT2D eigenvalue weighted by Gasteiger charge is 2.13. The van der Waals surface area contributed by atoms with Crippen molar-refractivity contribution in [3.05, 3.63) is 70.4 Å². The van der Waals surface area contributed by atoms with Crippen LogP contribution in [-0.2, 0) is 0 Å². The topological polar surface area (TPSA) is 68.4 Å². The zero-order valence-electron chi connectivity index (χ0n) is 8.85. The van der Waals surface area contributed by atoms with E-state index < -0.39 is 0 Å². The smallest absolute Gasteiger partial charge is 0.319 e. The van der Waals surface area contributed by atoms with E-state index in [9.17, 15) is 10.1 Å². The Hall–Kier alpha value is -2.56. The van der Waals surface area contributed by atoms with E-state index in [0.29, 0.717) is 10.3 Å². The van der Waals surface area contributed by atoms with E-state index in [1.807, 2.05) is 0 Å². The second-order valence-corrected chi connectivity index (χ2v) is 3.26. The summed E-state index contributed by atoms with van der Waals surface area (Å²) in [6, 6.07) is 13.4. The van der Waals surface area contributed by atoms with Gasteiger partial charge in [-0.3, -0.25) is 0 Å². The van der Waals surface area contributed by atoms with Gasteiger partial charge in [0.15, 0.2) is 0 Å². The molecule has 5 heteroatoms. The Kier molecular flexibility index (Phi) is 3.20. The first-order chi connectivity index (χ1) is 8.33. The van der Waals surface area contributed by atoms with Crippen LogP contribution in [0.4, 0.5) is 5.82 Å². The van der Waals surface area contributed by atoms with Crippen molar-refractivity contribution >= 4 is 11.7 Å². The number of hydrogen-bond donors (Lipinski definition) is 0. The third-order valence-corrected chi connectivity index (χ3v) is 2.17. The third kappa shape index (κ3) is 2.34. The molecule has 0 aliphatic carbocycles. The maximum absolute atomic E-state index is 11.9. The fourth-order valence-corrected chi connectivity index (χ4v) is 1.38. The van der Waals surface area contributed by atoms with E-state index in [0.717, 1.165) is 0 Å². The van der Waals surface area contributed by atoms with Crippen LogP contribution in [0.5, 0.6) is 0 Å². The highest BCUT2D eigenvalue weighted by Crippen LogP contribution is 2.10. The molecule has 0 bridgehead atoms. The summed E-state index contributed by atoms with van der Waals surface area (Å²) < 4.78 is 0.419. The van der Waals surface area contributed by atoms with Gasteiger partial charge in [-0.25, -0.2) is 4.74 Å². The van der Waals surface area contributed by atoms with Gasteiger partial charge in [0.25, 0.3) is 5.82 Å². The minimum Gasteiger partial charge on any atom is -0.740 e. The summed E-state index contributed by atoms with van der Waals surface area (Å²) in [4.78, 5) is 14.6. The fraction of sp³-hybridized carbons (Fsp3) is 0. The Balaban J connectivity index is 2.52. The maximum Gasteiger partial charge on any atom is 0.319 e. The number of benzene rings is 1. The van der Waals surface area contributed by atoms with Gasteiger partial charge >= 0.3 is 5.84 Å². The van der Waals surface area contributed by atoms with Gasteiger partial charge in [0, 0.05) is 6.07 Å². The van der Waals surface area contributed by atoms with Gasteiger partial charge in [0.1, 0.15) is 11.4 Å². The van der Waals surface area contributed by atoms with Crippen molar-refractivity contribution in [3.8, 4) is 0 Å². The summed E-state index contributed by atoms with van der Waals surface area (Å²) >= 11 is 0. The number of hydrogen-bond acceptors (Lipinski definition) is 3. The van der Waals surface area contributed by atoms with E-state index in [1.54, 1.807) is 42.5 Å². The Bertz CT molecular complexity index is 538. The summed E-state index contributed by atoms with van der Waals surface area (Å²) in [5, 5.41) is 14.7. The van der Waals surface area contributed by atoms with Crippen LogP contribution in [0.1, 0.15) is 5.56 Å². The molecule has 0 spiro atoms. The minimum atomic E-state index is -0.204. The van der Waals surface area contributed by atoms with Gasteiger partial charge in [0.05, 0.1) is 5.56 Å². The quantitative estimate of drug-likeness (QED) is 0.197. The molecule has 2 aromatic rings. The second-order valence-electron chi connectivity index (χ2n) is 3.26. The van der Waals surface area contributed by atoms with Gasteiger partial charge in [0.2, 0.25) is 0 Å². The Morgan fingerprint density at radius 1 is 1.12 bits per heavy atom. The van der Waals surface area contributed by atoms with Crippen LogP contribution in [0.25, 0.3) is 0 Å². The predicted molar refractivity (Wildman–Crippen MR) is 63.9 cm³/mol. The van der Waals surface area contributed by atoms with Crippen LogP contribution in [0.2, 0.25) is 0 Å². The highest BCUT2D eigenvalue weighted by molar-refractivity contribution is 5.96. The summed E-state index contributed by atoms with van der Waals surface area (Å²) in [7, 11) is 0. The van der Waals surface area contributed by atoms with Crippen molar-refractivity contribution in [2.75, 3.05) is 0 Å². The van der Waals surface area contributed by atoms with Crippen LogP contribution < -0.4 is 0 Å². The van der Waals surface area contributed by atoms with E-state index >= 15 is 0 Å². The Labute approximate surface area is 97.6 Å². The first kappa shape index (κ1) is 10.9. The molecule has 0 N–H and O–H groups in total. The number of nitroso groups, excluding NO2 is 1. The molecule has 17 heavy (non-hydrogen) atoms. The number of rotatable bonds is 2. The molecular weight excluding hydrogens is 218 g/mol. The lowest BCUT2D eigenvalue weighted by Gasteiger charge is -2.09. The summed E-state index contributed by atoms with van der Waals surface area (Å²) in [5.74, 6) is -0.0738. The van der Waals surface area contributed by atoms with Crippen molar-refractivity contribution in [1.29, 1.82) is 0 Å². The van der Waals surface area contributed by atoms with Crippen molar-refractivity contribution in [2.24, 2.45) is 5.18 Å². The van der Waals surface area contributed by atoms with Crippen molar-refractivity contribution in [3.63, 3.8) is 0 Å². The first-order valence-corrected chi connectivity index (χ1v) is 4.97. The largest absolute Gasteiger partial charge is 0.740 e. The molecule has 0 unspecified atom stereocenters. The predicted octanol–water partition coefficient (Wildman–Crippen LogP) is 2.44. The van der Waals surface area contributed by atoms with E-state index in [-0.39, 0.29) is 11.7 Å². The van der Waals surface area contributed by atoms with Gasteiger partial charge in [-0.2, -0.15) is 0 Å². The highest BCUT2D eigenvalue weighted by atomic mass is 16.5. The van der Waals surface area contributed by atoms with Crippen LogP contribution in [-0.4, -0.2) is 15.6 Å². The third-order valence-electron chi connectivity index (χ3n) is 2.17. The summed E-state index contributed by atoms with van der Waals surface area (Å²) in [6.45, 7) is 0. The molecular formula is C12H9N3O2. The molecule has 1 aromatic carbocycles. The second kappa shape index (κ2) is 4.98. The molecule has 2 rings (SSSR count). The molecule has 0 atom stereocenters. The van der Waals surface area contributed by atoms with Crippen LogP contribution in [0.15, 0.2) is 59.9 Å². The average molecular weight is 227 g/mol. The van der Waals surface area contributed by atoms with Crippen molar-refractivity contribution < 1.29 is 4.74 Å². The van der Waals surface area contributed by atoms with Crippen LogP contribution in [0.3, 0.4) is 0 Å². The Morgan fingerprint density at radius 2 is 1.82 bits per heavy atom. The summed E-state index contributed by atoms with van der Waals surface area (Å²) in [6.07, 6.45) is 1.48. The van der Waals surface area contributed by atoms with E-state index in [2.05, 4.69) is 10.2 Å². The maximum atomic E-state index is 11.9. The van der Waals surface area contributed by atoms with Crippen LogP contribution >= 0.6 is 0 Å². The molecule has 0 aliphatic heterocycles. The SMILES string of the molecule is O=N/C(c1ccccc1)=[N+](/[O-])c1ccccn1. The van der Waals surface area contributed by atoms with E-state index in [1.165, 1.54) is 12.3 Å². The van der Waals surface area contributed by atoms with Crippen molar-refractivity contribution in [2.45, 2.75) is 0 Å². The molecule has 0 radical (unpaired) electrons. The molecule has 1 aromatic heterocycles. The summed E-state index contributed by atoms with van der Waals surface area (Å²) in [5.41, 5.74) is 0.461. The normalized spacial score (nSPS) is 11.8. The number of nitrogens with zero attached hydrogens (tertiary/aromatic N) is 3. The zero-order valence-corrected chi connectivity index (χ0v) is 8.85. The van der Waals surface area contributed by atoms with Crippen LogP contribution in [0, 0.1) is 10.1 Å². The number of aromatic nitrogens is 1. The lowest BCUT2D eigenvalue weighted by atomic mass is 10.2. The first-order valence-electron chi connectivity index (χ1n) is 4.97. The Morgan fingerprint density at radius 3 is 2.41 bits per heavy atom. The molecule has 1 heterocycles.